The molecule has 0 unspecified atom stereocenters. The zero-order valence-electron chi connectivity index (χ0n) is 17.2. The zero-order valence-corrected chi connectivity index (χ0v) is 17.2. The summed E-state index contributed by atoms with van der Waals surface area (Å²) in [5, 5.41) is 16.3. The quantitative estimate of drug-likeness (QED) is 0.522. The first-order valence-corrected chi connectivity index (χ1v) is 9.84. The number of nitrogens with one attached hydrogen (secondary N) is 1. The molecule has 31 heavy (non-hydrogen) atoms. The predicted molar refractivity (Wildman–Crippen MR) is 118 cm³/mol. The molecule has 0 atom stereocenters. The van der Waals surface area contributed by atoms with Gasteiger partial charge in [-0.05, 0) is 26.0 Å². The molecular weight excluding hydrogens is 392 g/mol. The highest BCUT2D eigenvalue weighted by Crippen LogP contribution is 2.27. The summed E-state index contributed by atoms with van der Waals surface area (Å²) >= 11 is 0. The fourth-order valence-electron chi connectivity index (χ4n) is 3.51. The van der Waals surface area contributed by atoms with E-state index in [1.54, 1.807) is 35.9 Å². The second kappa shape index (κ2) is 8.28. The van der Waals surface area contributed by atoms with Crippen LogP contribution in [0.5, 0.6) is 0 Å². The Balaban J connectivity index is 1.80. The monoisotopic (exact) mass is 412 g/mol. The zero-order chi connectivity index (χ0) is 22.0. The summed E-state index contributed by atoms with van der Waals surface area (Å²) in [7, 11) is 0. The van der Waals surface area contributed by atoms with Crippen LogP contribution in [0.25, 0.3) is 22.3 Å². The van der Waals surface area contributed by atoms with Crippen LogP contribution in [0.15, 0.2) is 63.8 Å². The minimum atomic E-state index is -0.422. The summed E-state index contributed by atoms with van der Waals surface area (Å²) in [4.78, 5) is 26.1. The molecule has 0 radical (unpaired) electrons. The van der Waals surface area contributed by atoms with Crippen LogP contribution >= 0.6 is 0 Å². The maximum absolute atomic E-state index is 13.1. The van der Waals surface area contributed by atoms with Gasteiger partial charge in [0.1, 0.15) is 11.6 Å². The van der Waals surface area contributed by atoms with E-state index in [1.807, 2.05) is 37.3 Å². The van der Waals surface area contributed by atoms with Crippen LogP contribution in [-0.2, 0) is 6.54 Å². The van der Waals surface area contributed by atoms with Gasteiger partial charge in [-0.15, -0.1) is 0 Å². The summed E-state index contributed by atoms with van der Waals surface area (Å²) in [5.74, 6) is 0.496. The number of para-hydroxylation sites is 1. The topological polar surface area (TPSA) is 101 Å². The second-order valence-corrected chi connectivity index (χ2v) is 7.19. The fraction of sp³-hybridized carbons (Fsp3) is 0.167. The average molecular weight is 412 g/mol. The lowest BCUT2D eigenvalue weighted by atomic mass is 10.0. The van der Waals surface area contributed by atoms with Crippen LogP contribution in [0.2, 0.25) is 0 Å². The van der Waals surface area contributed by atoms with Gasteiger partial charge in [-0.3, -0.25) is 9.59 Å². The number of fused-ring (bicyclic) bond motifs is 1. The molecule has 1 N–H and O–H groups in total. The largest absolute Gasteiger partial charge is 0.455 e. The Labute approximate surface area is 178 Å². The van der Waals surface area contributed by atoms with Crippen molar-refractivity contribution in [1.82, 2.24) is 9.78 Å². The number of amides is 1. The van der Waals surface area contributed by atoms with Crippen molar-refractivity contribution in [2.45, 2.75) is 26.8 Å². The Hall–Kier alpha value is -4.18. The maximum atomic E-state index is 13.1. The third-order valence-electron chi connectivity index (χ3n) is 5.00. The first kappa shape index (κ1) is 20.1. The number of carbonyl (C=O) groups is 1. The fourth-order valence-corrected chi connectivity index (χ4v) is 3.51. The van der Waals surface area contributed by atoms with Gasteiger partial charge in [0, 0.05) is 17.2 Å². The van der Waals surface area contributed by atoms with Crippen molar-refractivity contribution in [3.8, 4) is 17.4 Å². The number of anilines is 1. The van der Waals surface area contributed by atoms with Crippen LogP contribution < -0.4 is 10.7 Å². The third-order valence-corrected chi connectivity index (χ3v) is 5.00. The molecule has 0 aliphatic heterocycles. The molecule has 4 rings (SSSR count). The van der Waals surface area contributed by atoms with Gasteiger partial charge in [0.05, 0.1) is 35.7 Å². The van der Waals surface area contributed by atoms with Gasteiger partial charge < -0.3 is 9.73 Å². The smallest absolute Gasteiger partial charge is 0.260 e. The molecule has 4 aromatic rings. The Morgan fingerprint density at radius 1 is 1.16 bits per heavy atom. The summed E-state index contributed by atoms with van der Waals surface area (Å²) < 4.78 is 7.70. The Morgan fingerprint density at radius 3 is 2.68 bits per heavy atom. The second-order valence-electron chi connectivity index (χ2n) is 7.19. The normalized spacial score (nSPS) is 10.7. The van der Waals surface area contributed by atoms with Crippen molar-refractivity contribution in [2.24, 2.45) is 0 Å². The first-order chi connectivity index (χ1) is 15.0. The number of nitriles is 1. The van der Waals surface area contributed by atoms with Gasteiger partial charge in [0.25, 0.3) is 5.91 Å². The van der Waals surface area contributed by atoms with E-state index in [-0.39, 0.29) is 23.0 Å². The van der Waals surface area contributed by atoms with E-state index in [9.17, 15) is 9.59 Å². The van der Waals surface area contributed by atoms with E-state index >= 15 is 0 Å². The number of benzene rings is 2. The molecule has 7 nitrogen and oxygen atoms in total. The molecule has 2 aromatic carbocycles. The van der Waals surface area contributed by atoms with E-state index < -0.39 is 5.91 Å². The maximum Gasteiger partial charge on any atom is 0.260 e. The SMILES string of the molecule is Cc1cc(NC(=O)c2cccc3c(=O)c(C)c(-c4ccccc4)oc23)n(CCC#N)n1. The molecule has 0 saturated carbocycles. The lowest BCUT2D eigenvalue weighted by Gasteiger charge is -2.11. The first-order valence-electron chi connectivity index (χ1n) is 9.84. The van der Waals surface area contributed by atoms with Gasteiger partial charge >= 0.3 is 0 Å². The van der Waals surface area contributed by atoms with Crippen LogP contribution in [-0.4, -0.2) is 15.7 Å². The van der Waals surface area contributed by atoms with E-state index in [2.05, 4.69) is 16.5 Å². The summed E-state index contributed by atoms with van der Waals surface area (Å²) in [5.41, 5.74) is 2.27. The number of hydrogen-bond acceptors (Lipinski definition) is 5. The number of carbonyl (C=O) groups excluding carboxylic acids is 1. The van der Waals surface area contributed by atoms with Crippen LogP contribution in [0.3, 0.4) is 0 Å². The summed E-state index contributed by atoms with van der Waals surface area (Å²) in [6, 6.07) is 18.1. The van der Waals surface area contributed by atoms with Crippen molar-refractivity contribution in [1.29, 1.82) is 5.26 Å². The Bertz CT molecular complexity index is 1380. The molecule has 0 aliphatic carbocycles. The van der Waals surface area contributed by atoms with E-state index in [0.29, 0.717) is 29.1 Å². The molecule has 1 amide bonds. The van der Waals surface area contributed by atoms with Crippen LogP contribution in [0.4, 0.5) is 5.82 Å². The average Bonchev–Trinajstić information content (AvgIpc) is 3.13. The molecule has 0 aliphatic rings. The van der Waals surface area contributed by atoms with Crippen molar-refractivity contribution >= 4 is 22.7 Å². The Morgan fingerprint density at radius 2 is 1.94 bits per heavy atom. The molecule has 0 bridgehead atoms. The lowest BCUT2D eigenvalue weighted by Crippen LogP contribution is -2.17. The van der Waals surface area contributed by atoms with Crippen molar-refractivity contribution in [2.75, 3.05) is 5.32 Å². The number of hydrogen-bond donors (Lipinski definition) is 1. The highest BCUT2D eigenvalue weighted by molar-refractivity contribution is 6.11. The van der Waals surface area contributed by atoms with E-state index in [1.165, 1.54) is 0 Å². The lowest BCUT2D eigenvalue weighted by molar-refractivity contribution is 0.102. The number of aromatic nitrogens is 2. The molecule has 0 spiro atoms. The molecule has 2 aromatic heterocycles. The predicted octanol–water partition coefficient (Wildman–Crippen LogP) is 4.44. The molecule has 0 fully saturated rings. The molecule has 0 saturated heterocycles. The molecule has 154 valence electrons. The van der Waals surface area contributed by atoms with Crippen molar-refractivity contribution in [3.05, 3.63) is 81.6 Å². The molecule has 2 heterocycles. The Kier molecular flexibility index (Phi) is 5.37. The summed E-state index contributed by atoms with van der Waals surface area (Å²) in [6.45, 7) is 3.89. The van der Waals surface area contributed by atoms with Crippen molar-refractivity contribution in [3.63, 3.8) is 0 Å². The molecular formula is C24H20N4O3. The number of rotatable bonds is 5. The highest BCUT2D eigenvalue weighted by Gasteiger charge is 2.19. The molecule has 7 heteroatoms. The minimum Gasteiger partial charge on any atom is -0.455 e. The van der Waals surface area contributed by atoms with Crippen LogP contribution in [0, 0.1) is 25.2 Å². The van der Waals surface area contributed by atoms with Gasteiger partial charge in [-0.2, -0.15) is 10.4 Å². The van der Waals surface area contributed by atoms with Crippen molar-refractivity contribution < 1.29 is 9.21 Å². The van der Waals surface area contributed by atoms with Crippen LogP contribution in [0.1, 0.15) is 28.0 Å². The van der Waals surface area contributed by atoms with Gasteiger partial charge in [-0.25, -0.2) is 4.68 Å². The van der Waals surface area contributed by atoms with Gasteiger partial charge in [-0.1, -0.05) is 36.4 Å². The number of aryl methyl sites for hydroxylation is 2. The standard InChI is InChI=1S/C24H20N4O3/c1-15-14-20(28(27-15)13-7-12-25)26-24(30)19-11-6-10-18-21(29)16(2)22(31-23(18)19)17-8-4-3-5-9-17/h3-6,8-11,14H,7,13H2,1-2H3,(H,26,30). The minimum absolute atomic E-state index is 0.176. The van der Waals surface area contributed by atoms with Gasteiger partial charge in [0.15, 0.2) is 11.0 Å². The van der Waals surface area contributed by atoms with E-state index in [4.69, 9.17) is 9.68 Å². The van der Waals surface area contributed by atoms with Gasteiger partial charge in [0.2, 0.25) is 0 Å². The highest BCUT2D eigenvalue weighted by atomic mass is 16.3. The van der Waals surface area contributed by atoms with E-state index in [0.717, 1.165) is 11.3 Å². The third kappa shape index (κ3) is 3.83. The summed E-state index contributed by atoms with van der Waals surface area (Å²) in [6.07, 6.45) is 0.271. The number of nitrogens with zero attached hydrogens (tertiary/aromatic N) is 3.